The molecule has 0 aliphatic rings. The molecule has 3 rings (SSSR count). The number of ether oxygens (including phenoxy) is 1. The first-order chi connectivity index (χ1) is 7.36. The Morgan fingerprint density at radius 3 is 2.53 bits per heavy atom. The molecule has 0 radical (unpaired) electrons. The third-order valence-electron chi connectivity index (χ3n) is 2.10. The molecule has 0 aliphatic heterocycles. The van der Waals surface area contributed by atoms with Crippen LogP contribution in [-0.2, 0) is 0 Å². The Morgan fingerprint density at radius 2 is 1.80 bits per heavy atom. The van der Waals surface area contributed by atoms with Crippen molar-refractivity contribution in [1.29, 1.82) is 0 Å². The predicted molar refractivity (Wildman–Crippen MR) is 57.1 cm³/mol. The van der Waals surface area contributed by atoms with E-state index in [2.05, 4.69) is 18.7 Å². The fourth-order valence-electron chi connectivity index (χ4n) is 1.37. The van der Waals surface area contributed by atoms with E-state index in [0.29, 0.717) is 5.88 Å². The largest absolute Gasteiger partial charge is 0.480 e. The molecule has 6 heteroatoms. The maximum absolute atomic E-state index is 5.01. The molecule has 74 valence electrons. The van der Waals surface area contributed by atoms with Crippen molar-refractivity contribution in [3.05, 3.63) is 18.3 Å². The Labute approximate surface area is 89.1 Å². The van der Waals surface area contributed by atoms with Crippen molar-refractivity contribution < 1.29 is 4.74 Å². The Kier molecular flexibility index (Phi) is 1.75. The molecule has 2 heterocycles. The predicted octanol–water partition coefficient (Wildman–Crippen LogP) is 1.64. The molecule has 0 atom stereocenters. The monoisotopic (exact) mass is 218 g/mol. The van der Waals surface area contributed by atoms with Crippen molar-refractivity contribution in [2.75, 3.05) is 7.11 Å². The molecule has 1 aromatic carbocycles. The number of benzene rings is 1. The molecular weight excluding hydrogens is 212 g/mol. The summed E-state index contributed by atoms with van der Waals surface area (Å²) < 4.78 is 13.3. The number of nitrogens with zero attached hydrogens (tertiary/aromatic N) is 4. The molecule has 2 aromatic heterocycles. The van der Waals surface area contributed by atoms with Gasteiger partial charge in [0.05, 0.1) is 36.1 Å². The van der Waals surface area contributed by atoms with Crippen LogP contribution < -0.4 is 4.74 Å². The van der Waals surface area contributed by atoms with Gasteiger partial charge in [0, 0.05) is 0 Å². The highest BCUT2D eigenvalue weighted by Crippen LogP contribution is 2.19. The summed E-state index contributed by atoms with van der Waals surface area (Å²) in [4.78, 5) is 8.51. The van der Waals surface area contributed by atoms with E-state index < -0.39 is 0 Å². The molecule has 15 heavy (non-hydrogen) atoms. The summed E-state index contributed by atoms with van der Waals surface area (Å²) in [5.74, 6) is 0.505. The van der Waals surface area contributed by atoms with Crippen LogP contribution in [0.4, 0.5) is 0 Å². The third-order valence-corrected chi connectivity index (χ3v) is 2.66. The van der Waals surface area contributed by atoms with Crippen LogP contribution in [0.3, 0.4) is 0 Å². The van der Waals surface area contributed by atoms with Crippen molar-refractivity contribution in [2.24, 2.45) is 0 Å². The minimum absolute atomic E-state index is 0.505. The lowest BCUT2D eigenvalue weighted by Crippen LogP contribution is -1.90. The molecule has 0 aliphatic carbocycles. The summed E-state index contributed by atoms with van der Waals surface area (Å²) in [7, 11) is 1.57. The van der Waals surface area contributed by atoms with Crippen molar-refractivity contribution in [2.45, 2.75) is 0 Å². The molecule has 0 N–H and O–H groups in total. The van der Waals surface area contributed by atoms with Crippen molar-refractivity contribution in [1.82, 2.24) is 18.7 Å². The number of fused-ring (bicyclic) bond motifs is 2. The van der Waals surface area contributed by atoms with Gasteiger partial charge in [-0.3, -0.25) is 0 Å². The second-order valence-corrected chi connectivity index (χ2v) is 3.53. The van der Waals surface area contributed by atoms with Gasteiger partial charge < -0.3 is 4.74 Å². The fourth-order valence-corrected chi connectivity index (χ4v) is 1.88. The van der Waals surface area contributed by atoms with E-state index in [-0.39, 0.29) is 0 Å². The Hall–Kier alpha value is -1.82. The van der Waals surface area contributed by atoms with Crippen molar-refractivity contribution >= 4 is 33.8 Å². The molecule has 0 saturated carbocycles. The lowest BCUT2D eigenvalue weighted by Gasteiger charge is -1.99. The zero-order valence-corrected chi connectivity index (χ0v) is 8.65. The zero-order valence-electron chi connectivity index (χ0n) is 7.84. The first-order valence-corrected chi connectivity index (χ1v) is 5.03. The Balaban J connectivity index is 2.38. The van der Waals surface area contributed by atoms with Gasteiger partial charge in [-0.25, -0.2) is 9.97 Å². The van der Waals surface area contributed by atoms with Gasteiger partial charge in [0.25, 0.3) is 0 Å². The lowest BCUT2D eigenvalue weighted by atomic mass is 10.2. The average Bonchev–Trinajstić information content (AvgIpc) is 2.72. The maximum atomic E-state index is 5.01. The van der Waals surface area contributed by atoms with Gasteiger partial charge in [-0.05, 0) is 12.1 Å². The molecule has 0 fully saturated rings. The average molecular weight is 218 g/mol. The normalized spacial score (nSPS) is 11.0. The van der Waals surface area contributed by atoms with Crippen LogP contribution in [0.15, 0.2) is 18.3 Å². The van der Waals surface area contributed by atoms with E-state index in [1.807, 2.05) is 12.1 Å². The van der Waals surface area contributed by atoms with Gasteiger partial charge in [0.15, 0.2) is 0 Å². The summed E-state index contributed by atoms with van der Waals surface area (Å²) in [5, 5.41) is 0. The number of hydrogen-bond acceptors (Lipinski definition) is 6. The summed E-state index contributed by atoms with van der Waals surface area (Å²) in [6, 6.07) is 3.74. The van der Waals surface area contributed by atoms with E-state index in [9.17, 15) is 0 Å². The summed E-state index contributed by atoms with van der Waals surface area (Å²) >= 11 is 1.19. The van der Waals surface area contributed by atoms with E-state index in [0.717, 1.165) is 22.1 Å². The van der Waals surface area contributed by atoms with Gasteiger partial charge >= 0.3 is 0 Å². The standard InChI is InChI=1S/C9H6N4OS/c1-14-9-4-10-5-2-7-8(13-15-12-7)3-6(5)11-9/h2-4H,1H3. The second-order valence-electron chi connectivity index (χ2n) is 3.01. The van der Waals surface area contributed by atoms with Gasteiger partial charge in [-0.1, -0.05) is 0 Å². The Morgan fingerprint density at radius 1 is 1.07 bits per heavy atom. The molecule has 0 unspecified atom stereocenters. The summed E-state index contributed by atoms with van der Waals surface area (Å²) in [6.45, 7) is 0. The van der Waals surface area contributed by atoms with Gasteiger partial charge in [0.1, 0.15) is 11.0 Å². The summed E-state index contributed by atoms with van der Waals surface area (Å²) in [6.07, 6.45) is 1.59. The molecule has 0 saturated heterocycles. The number of aromatic nitrogens is 4. The highest BCUT2D eigenvalue weighted by molar-refractivity contribution is 7.00. The Bertz CT molecular complexity index is 636. The quantitative estimate of drug-likeness (QED) is 0.621. The molecule has 5 nitrogen and oxygen atoms in total. The minimum Gasteiger partial charge on any atom is -0.480 e. The first kappa shape index (κ1) is 8.49. The molecular formula is C9H6N4OS. The third kappa shape index (κ3) is 1.30. The fraction of sp³-hybridized carbons (Fsp3) is 0.111. The van der Waals surface area contributed by atoms with Crippen molar-refractivity contribution in [3.63, 3.8) is 0 Å². The summed E-state index contributed by atoms with van der Waals surface area (Å²) in [5.41, 5.74) is 3.27. The number of hydrogen-bond donors (Lipinski definition) is 0. The van der Waals surface area contributed by atoms with Crippen LogP contribution in [0, 0.1) is 0 Å². The maximum Gasteiger partial charge on any atom is 0.232 e. The zero-order chi connectivity index (χ0) is 10.3. The van der Waals surface area contributed by atoms with Gasteiger partial charge in [-0.2, -0.15) is 8.75 Å². The van der Waals surface area contributed by atoms with Crippen LogP contribution in [-0.4, -0.2) is 25.8 Å². The van der Waals surface area contributed by atoms with Crippen LogP contribution in [0.5, 0.6) is 5.88 Å². The van der Waals surface area contributed by atoms with Crippen LogP contribution >= 0.6 is 11.7 Å². The van der Waals surface area contributed by atoms with E-state index in [4.69, 9.17) is 4.74 Å². The van der Waals surface area contributed by atoms with E-state index >= 15 is 0 Å². The highest BCUT2D eigenvalue weighted by Gasteiger charge is 2.04. The smallest absolute Gasteiger partial charge is 0.232 e. The van der Waals surface area contributed by atoms with Crippen LogP contribution in [0.2, 0.25) is 0 Å². The topological polar surface area (TPSA) is 60.8 Å². The minimum atomic E-state index is 0.505. The van der Waals surface area contributed by atoms with Crippen LogP contribution in [0.1, 0.15) is 0 Å². The van der Waals surface area contributed by atoms with Gasteiger partial charge in [-0.15, -0.1) is 0 Å². The van der Waals surface area contributed by atoms with E-state index in [1.54, 1.807) is 13.3 Å². The SMILES string of the molecule is COc1cnc2cc3nsnc3cc2n1. The highest BCUT2D eigenvalue weighted by atomic mass is 32.1. The number of rotatable bonds is 1. The number of methoxy groups -OCH3 is 1. The van der Waals surface area contributed by atoms with Gasteiger partial charge in [0.2, 0.25) is 5.88 Å². The van der Waals surface area contributed by atoms with E-state index in [1.165, 1.54) is 11.7 Å². The second kappa shape index (κ2) is 3.09. The molecule has 0 spiro atoms. The molecule has 0 bridgehead atoms. The molecule has 0 amide bonds. The van der Waals surface area contributed by atoms with Crippen molar-refractivity contribution in [3.8, 4) is 5.88 Å². The lowest BCUT2D eigenvalue weighted by molar-refractivity contribution is 0.398. The first-order valence-electron chi connectivity index (χ1n) is 4.30. The van der Waals surface area contributed by atoms with Crippen LogP contribution in [0.25, 0.3) is 22.1 Å². The molecule has 3 aromatic rings.